The lowest BCUT2D eigenvalue weighted by Crippen LogP contribution is -2.42. The molecule has 1 saturated heterocycles. The quantitative estimate of drug-likeness (QED) is 0.563. The number of methoxy groups -OCH3 is 1. The Morgan fingerprint density at radius 2 is 2.18 bits per heavy atom. The molecule has 0 spiro atoms. The number of nitrogens with one attached hydrogen (secondary N) is 2. The van der Waals surface area contributed by atoms with Crippen LogP contribution in [0.1, 0.15) is 25.3 Å². The largest absolute Gasteiger partial charge is 0.480 e. The number of aromatic nitrogens is 5. The van der Waals surface area contributed by atoms with Gasteiger partial charge in [-0.15, -0.1) is 0 Å². The van der Waals surface area contributed by atoms with E-state index in [1.165, 1.54) is 13.3 Å². The molecule has 1 fully saturated rings. The van der Waals surface area contributed by atoms with Gasteiger partial charge in [-0.25, -0.2) is 9.97 Å². The number of rotatable bonds is 5. The minimum atomic E-state index is -0.409. The van der Waals surface area contributed by atoms with E-state index in [1.807, 2.05) is 19.2 Å². The minimum absolute atomic E-state index is 0.0999. The van der Waals surface area contributed by atoms with Gasteiger partial charge in [-0.3, -0.25) is 14.8 Å². The Balaban J connectivity index is 1.51. The van der Waals surface area contributed by atoms with Crippen molar-refractivity contribution in [2.45, 2.75) is 25.8 Å². The van der Waals surface area contributed by atoms with E-state index in [0.29, 0.717) is 23.9 Å². The molecule has 0 aromatic carbocycles. The van der Waals surface area contributed by atoms with E-state index in [0.717, 1.165) is 36.1 Å². The van der Waals surface area contributed by atoms with Crippen molar-refractivity contribution >= 4 is 34.4 Å². The molecule has 4 heterocycles. The first-order valence-electron chi connectivity index (χ1n) is 10.4. The summed E-state index contributed by atoms with van der Waals surface area (Å²) in [6.45, 7) is 3.17. The van der Waals surface area contributed by atoms with Crippen LogP contribution in [0, 0.1) is 23.2 Å². The molecule has 1 amide bonds. The molecule has 0 bridgehead atoms. The maximum Gasteiger partial charge on any atom is 0.301 e. The zero-order chi connectivity index (χ0) is 23.4. The highest BCUT2D eigenvalue weighted by Crippen LogP contribution is 2.27. The summed E-state index contributed by atoms with van der Waals surface area (Å²) in [6, 6.07) is 4.08. The molecule has 3 aromatic heterocycles. The Bertz CT molecular complexity index is 1300. The molecule has 168 valence electrons. The number of hydrogen-bond acceptors (Lipinski definition) is 9. The van der Waals surface area contributed by atoms with Gasteiger partial charge in [-0.2, -0.15) is 15.3 Å². The maximum atomic E-state index is 11.8. The van der Waals surface area contributed by atoms with Crippen molar-refractivity contribution in [2.75, 3.05) is 35.7 Å². The van der Waals surface area contributed by atoms with Crippen LogP contribution in [0.15, 0.2) is 18.5 Å². The number of piperidine rings is 1. The molecule has 11 heteroatoms. The second-order valence-electron chi connectivity index (χ2n) is 7.52. The topological polar surface area (TPSA) is 134 Å². The van der Waals surface area contributed by atoms with Crippen LogP contribution in [0.3, 0.4) is 0 Å². The first kappa shape index (κ1) is 21.8. The van der Waals surface area contributed by atoms with E-state index in [4.69, 9.17) is 10.00 Å². The number of aryl methyl sites for hydroxylation is 1. The van der Waals surface area contributed by atoms with Crippen LogP contribution in [-0.4, -0.2) is 56.9 Å². The summed E-state index contributed by atoms with van der Waals surface area (Å²) >= 11 is 0. The summed E-state index contributed by atoms with van der Waals surface area (Å²) in [5.41, 5.74) is 1.15. The highest BCUT2D eigenvalue weighted by molar-refractivity contribution is 6.07. The third kappa shape index (κ3) is 4.62. The molecular formula is C22H23N9O2. The van der Waals surface area contributed by atoms with Crippen molar-refractivity contribution in [3.8, 4) is 23.8 Å². The zero-order valence-corrected chi connectivity index (χ0v) is 18.6. The van der Waals surface area contributed by atoms with Gasteiger partial charge in [0, 0.05) is 38.4 Å². The van der Waals surface area contributed by atoms with Crippen LogP contribution in [0.5, 0.6) is 5.88 Å². The first-order chi connectivity index (χ1) is 16.0. The van der Waals surface area contributed by atoms with Crippen molar-refractivity contribution in [1.29, 1.82) is 5.26 Å². The van der Waals surface area contributed by atoms with Crippen LogP contribution in [0.2, 0.25) is 0 Å². The molecule has 0 saturated carbocycles. The first-order valence-corrected chi connectivity index (χ1v) is 10.4. The fourth-order valence-corrected chi connectivity index (χ4v) is 3.81. The smallest absolute Gasteiger partial charge is 0.301 e. The molecule has 4 rings (SSSR count). The van der Waals surface area contributed by atoms with Crippen LogP contribution in [-0.2, 0) is 11.8 Å². The second-order valence-corrected chi connectivity index (χ2v) is 7.52. The van der Waals surface area contributed by atoms with Gasteiger partial charge in [0.25, 0.3) is 0 Å². The van der Waals surface area contributed by atoms with E-state index in [1.54, 1.807) is 17.8 Å². The fourth-order valence-electron chi connectivity index (χ4n) is 3.81. The van der Waals surface area contributed by atoms with Crippen molar-refractivity contribution in [3.05, 3.63) is 24.0 Å². The van der Waals surface area contributed by atoms with Crippen LogP contribution in [0.4, 0.5) is 17.6 Å². The third-order valence-corrected chi connectivity index (χ3v) is 5.34. The summed E-state index contributed by atoms with van der Waals surface area (Å²) in [5.74, 6) is 6.54. The number of amides is 1. The molecule has 11 nitrogen and oxygen atoms in total. The molecule has 3 aromatic rings. The lowest BCUT2D eigenvalue weighted by molar-refractivity contribution is -0.111. The van der Waals surface area contributed by atoms with Gasteiger partial charge in [0.2, 0.25) is 11.8 Å². The Labute approximate surface area is 190 Å². The van der Waals surface area contributed by atoms with E-state index < -0.39 is 5.91 Å². The van der Waals surface area contributed by atoms with Gasteiger partial charge in [0.05, 0.1) is 24.2 Å². The molecular weight excluding hydrogens is 422 g/mol. The van der Waals surface area contributed by atoms with E-state index in [-0.39, 0.29) is 11.9 Å². The van der Waals surface area contributed by atoms with Gasteiger partial charge >= 0.3 is 5.91 Å². The number of anilines is 3. The molecule has 0 aliphatic carbocycles. The predicted octanol–water partition coefficient (Wildman–Crippen LogP) is 1.68. The summed E-state index contributed by atoms with van der Waals surface area (Å²) in [4.78, 5) is 27.2. The summed E-state index contributed by atoms with van der Waals surface area (Å²) in [7, 11) is 3.30. The lowest BCUT2D eigenvalue weighted by atomic mass is 10.1. The molecule has 0 unspecified atom stereocenters. The van der Waals surface area contributed by atoms with Crippen LogP contribution >= 0.6 is 0 Å². The van der Waals surface area contributed by atoms with Gasteiger partial charge in [-0.1, -0.05) is 5.92 Å². The maximum absolute atomic E-state index is 11.8. The van der Waals surface area contributed by atoms with Crippen molar-refractivity contribution in [1.82, 2.24) is 24.7 Å². The fraction of sp³-hybridized carbons (Fsp3) is 0.364. The molecule has 1 aliphatic rings. The molecule has 1 atom stereocenters. The van der Waals surface area contributed by atoms with E-state index >= 15 is 0 Å². The SMILES string of the molecule is CC#CC(=O)Nc1nn(C)c2cc(N3CCC[C@@H](Nc4ncc(C#N)c(OC)n4)C3)ncc12. The standard InChI is InChI=1S/C22H23N9O2/c1-4-6-19(32)27-20-16-12-24-18(9-17(16)30(2)29-20)31-8-5-7-15(13-31)26-22-25-11-14(10-23)21(28-22)33-3/h9,11-12,15H,5,7-8,13H2,1-3H3,(H,25,26,28)(H,27,29,32)/t15-/m1/s1. The van der Waals surface area contributed by atoms with E-state index in [9.17, 15) is 4.79 Å². The number of carbonyl (C=O) groups excluding carboxylic acids is 1. The second kappa shape index (κ2) is 9.40. The third-order valence-electron chi connectivity index (χ3n) is 5.34. The normalized spacial score (nSPS) is 15.3. The number of nitriles is 1. The predicted molar refractivity (Wildman–Crippen MR) is 123 cm³/mol. The summed E-state index contributed by atoms with van der Waals surface area (Å²) in [6.07, 6.45) is 5.09. The van der Waals surface area contributed by atoms with Gasteiger partial charge in [-0.05, 0) is 25.7 Å². The molecule has 33 heavy (non-hydrogen) atoms. The molecule has 0 radical (unpaired) electrons. The van der Waals surface area contributed by atoms with Crippen molar-refractivity contribution in [3.63, 3.8) is 0 Å². The van der Waals surface area contributed by atoms with Gasteiger partial charge in [0.15, 0.2) is 5.82 Å². The van der Waals surface area contributed by atoms with Crippen molar-refractivity contribution in [2.24, 2.45) is 7.05 Å². The Kier molecular flexibility index (Phi) is 6.22. The Morgan fingerprint density at radius 3 is 2.94 bits per heavy atom. The monoisotopic (exact) mass is 445 g/mol. The number of fused-ring (bicyclic) bond motifs is 1. The number of pyridine rings is 1. The Morgan fingerprint density at radius 1 is 1.33 bits per heavy atom. The zero-order valence-electron chi connectivity index (χ0n) is 18.6. The number of carbonyl (C=O) groups is 1. The lowest BCUT2D eigenvalue weighted by Gasteiger charge is -2.34. The Hall–Kier alpha value is -4.38. The summed E-state index contributed by atoms with van der Waals surface area (Å²) < 4.78 is 6.89. The van der Waals surface area contributed by atoms with Crippen LogP contribution in [0.25, 0.3) is 10.9 Å². The van der Waals surface area contributed by atoms with E-state index in [2.05, 4.69) is 47.4 Å². The number of nitrogens with zero attached hydrogens (tertiary/aromatic N) is 7. The number of ether oxygens (including phenoxy) is 1. The number of hydrogen-bond donors (Lipinski definition) is 2. The highest BCUT2D eigenvalue weighted by atomic mass is 16.5. The van der Waals surface area contributed by atoms with Crippen molar-refractivity contribution < 1.29 is 9.53 Å². The average Bonchev–Trinajstić information content (AvgIpc) is 3.13. The van der Waals surface area contributed by atoms with Crippen LogP contribution < -0.4 is 20.3 Å². The summed E-state index contributed by atoms with van der Waals surface area (Å²) in [5, 5.41) is 20.3. The minimum Gasteiger partial charge on any atom is -0.480 e. The van der Waals surface area contributed by atoms with Gasteiger partial charge in [0.1, 0.15) is 17.5 Å². The molecule has 2 N–H and O–H groups in total. The highest BCUT2D eigenvalue weighted by Gasteiger charge is 2.23. The van der Waals surface area contributed by atoms with Gasteiger partial charge < -0.3 is 15.0 Å². The molecule has 1 aliphatic heterocycles. The average molecular weight is 445 g/mol.